The Balaban J connectivity index is 1.65. The molecule has 0 aromatic heterocycles. The highest BCUT2D eigenvalue weighted by atomic mass is 16.4. The van der Waals surface area contributed by atoms with E-state index in [1.165, 1.54) is 0 Å². The predicted octanol–water partition coefficient (Wildman–Crippen LogP) is 6.02. The van der Waals surface area contributed by atoms with E-state index in [1.54, 1.807) is 17.9 Å². The van der Waals surface area contributed by atoms with Crippen molar-refractivity contribution in [1.82, 2.24) is 15.1 Å². The maximum Gasteiger partial charge on any atom is 0.409 e. The van der Waals surface area contributed by atoms with Crippen LogP contribution in [0.4, 0.5) is 4.79 Å². The normalized spacial score (nSPS) is 17.6. The highest BCUT2D eigenvalue weighted by molar-refractivity contribution is 6.38. The molecule has 216 valence electrons. The number of carbonyl (C=O) groups excluding carboxylic acids is 3. The molecule has 41 heavy (non-hydrogen) atoms. The molecule has 1 saturated heterocycles. The van der Waals surface area contributed by atoms with Gasteiger partial charge in [0.2, 0.25) is 5.78 Å². The van der Waals surface area contributed by atoms with Crippen LogP contribution in [0.5, 0.6) is 0 Å². The van der Waals surface area contributed by atoms with Gasteiger partial charge in [-0.2, -0.15) is 0 Å². The molecule has 0 spiro atoms. The second-order valence-corrected chi connectivity index (χ2v) is 11.7. The van der Waals surface area contributed by atoms with Crippen LogP contribution < -0.4 is 5.32 Å². The van der Waals surface area contributed by atoms with Crippen molar-refractivity contribution in [3.63, 3.8) is 0 Å². The summed E-state index contributed by atoms with van der Waals surface area (Å²) in [6.07, 6.45) is -0.430. The molecule has 1 fully saturated rings. The number of nitrogens with one attached hydrogen (secondary N) is 1. The average molecular weight is 558 g/mol. The van der Waals surface area contributed by atoms with Crippen molar-refractivity contribution in [3.8, 4) is 0 Å². The van der Waals surface area contributed by atoms with Gasteiger partial charge in [-0.15, -0.1) is 0 Å². The predicted molar refractivity (Wildman–Crippen MR) is 158 cm³/mol. The number of nitrogens with zero attached hydrogens (tertiary/aromatic N) is 2. The summed E-state index contributed by atoms with van der Waals surface area (Å²) in [4.78, 5) is 56.2. The molecule has 3 aromatic carbocycles. The monoisotopic (exact) mass is 557 g/mol. The quantitative estimate of drug-likeness (QED) is 0.296. The van der Waals surface area contributed by atoms with Crippen molar-refractivity contribution >= 4 is 34.5 Å². The highest BCUT2D eigenvalue weighted by Crippen LogP contribution is 2.38. The minimum atomic E-state index is -1.33. The molecule has 0 radical (unpaired) electrons. The molecule has 1 heterocycles. The molecular weight excluding hydrogens is 518 g/mol. The van der Waals surface area contributed by atoms with Crippen LogP contribution in [0.1, 0.15) is 75.3 Å². The van der Waals surface area contributed by atoms with E-state index in [2.05, 4.69) is 5.32 Å². The smallest absolute Gasteiger partial charge is 0.409 e. The summed E-state index contributed by atoms with van der Waals surface area (Å²) in [5.41, 5.74) is 0.883. The van der Waals surface area contributed by atoms with Crippen molar-refractivity contribution in [2.45, 2.75) is 71.6 Å². The second kappa shape index (κ2) is 12.5. The van der Waals surface area contributed by atoms with Crippen molar-refractivity contribution in [3.05, 3.63) is 83.9 Å². The van der Waals surface area contributed by atoms with Gasteiger partial charge in [0.1, 0.15) is 12.2 Å². The van der Waals surface area contributed by atoms with Gasteiger partial charge in [-0.1, -0.05) is 94.3 Å². The van der Waals surface area contributed by atoms with E-state index in [0.29, 0.717) is 24.9 Å². The topological polar surface area (TPSA) is 107 Å². The fourth-order valence-corrected chi connectivity index (χ4v) is 5.69. The van der Waals surface area contributed by atoms with E-state index >= 15 is 0 Å². The Morgan fingerprint density at radius 3 is 2.32 bits per heavy atom. The Morgan fingerprint density at radius 1 is 1.00 bits per heavy atom. The van der Waals surface area contributed by atoms with Crippen molar-refractivity contribution in [2.24, 2.45) is 5.41 Å². The molecule has 3 aromatic rings. The number of carbonyl (C=O) groups is 4. The standard InChI is InChI=1S/C33H39N3O5/c1-5-6-16-27(29(37)30(38)34-22(2)23-12-8-7-9-13-23)36(32(40)41)28-20-33(3,4)21-35(28)31(39)26-18-17-24-14-10-11-15-25(24)19-26/h7-15,17-19,22,27-28H,5-6,16,20-21H2,1-4H3,(H,34,38)(H,40,41)/t22-,27+,28?/m1/s1. The van der Waals surface area contributed by atoms with Gasteiger partial charge < -0.3 is 15.3 Å². The van der Waals surface area contributed by atoms with Gasteiger partial charge in [0.25, 0.3) is 11.8 Å². The van der Waals surface area contributed by atoms with Crippen LogP contribution in [0.25, 0.3) is 10.8 Å². The van der Waals surface area contributed by atoms with Crippen LogP contribution in [0.2, 0.25) is 0 Å². The number of amides is 3. The van der Waals surface area contributed by atoms with E-state index in [0.717, 1.165) is 27.7 Å². The molecule has 2 N–H and O–H groups in total. The highest BCUT2D eigenvalue weighted by Gasteiger charge is 2.48. The maximum absolute atomic E-state index is 13.9. The molecule has 4 rings (SSSR count). The zero-order chi connectivity index (χ0) is 29.7. The summed E-state index contributed by atoms with van der Waals surface area (Å²) >= 11 is 0. The van der Waals surface area contributed by atoms with E-state index in [-0.39, 0.29) is 12.3 Å². The zero-order valence-corrected chi connectivity index (χ0v) is 24.2. The van der Waals surface area contributed by atoms with Crippen LogP contribution in [-0.4, -0.2) is 57.3 Å². The molecule has 0 bridgehead atoms. The Labute approximate surface area is 241 Å². The maximum atomic E-state index is 13.9. The van der Waals surface area contributed by atoms with Crippen LogP contribution in [-0.2, 0) is 9.59 Å². The number of carboxylic acid groups (broad SMARTS) is 1. The van der Waals surface area contributed by atoms with E-state index < -0.39 is 41.4 Å². The number of Topliss-reactive ketones (excluding diaryl/α,β-unsaturated/α-hetero) is 1. The van der Waals surface area contributed by atoms with Crippen LogP contribution in [0.15, 0.2) is 72.8 Å². The summed E-state index contributed by atoms with van der Waals surface area (Å²) in [6, 6.07) is 20.8. The number of unbranched alkanes of at least 4 members (excludes halogenated alkanes) is 1. The number of hydrogen-bond donors (Lipinski definition) is 2. The Kier molecular flexibility index (Phi) is 9.11. The lowest BCUT2D eigenvalue weighted by molar-refractivity contribution is -0.142. The third-order valence-electron chi connectivity index (χ3n) is 7.83. The van der Waals surface area contributed by atoms with Crippen molar-refractivity contribution < 1.29 is 24.3 Å². The lowest BCUT2D eigenvalue weighted by atomic mass is 9.91. The molecule has 0 aliphatic carbocycles. The number of rotatable bonds is 10. The fourth-order valence-electron chi connectivity index (χ4n) is 5.69. The Morgan fingerprint density at radius 2 is 1.66 bits per heavy atom. The first-order chi connectivity index (χ1) is 19.5. The third kappa shape index (κ3) is 6.76. The fraction of sp³-hybridized carbons (Fsp3) is 0.394. The van der Waals surface area contributed by atoms with Crippen LogP contribution in [0, 0.1) is 5.41 Å². The average Bonchev–Trinajstić information content (AvgIpc) is 3.28. The third-order valence-corrected chi connectivity index (χ3v) is 7.83. The van der Waals surface area contributed by atoms with Gasteiger partial charge in [-0.05, 0) is 53.6 Å². The summed E-state index contributed by atoms with van der Waals surface area (Å²) < 4.78 is 0. The van der Waals surface area contributed by atoms with Gasteiger partial charge in [0.15, 0.2) is 0 Å². The van der Waals surface area contributed by atoms with E-state index in [9.17, 15) is 24.3 Å². The second-order valence-electron chi connectivity index (χ2n) is 11.7. The van der Waals surface area contributed by atoms with E-state index in [4.69, 9.17) is 0 Å². The zero-order valence-electron chi connectivity index (χ0n) is 24.2. The molecule has 8 nitrogen and oxygen atoms in total. The van der Waals surface area contributed by atoms with E-state index in [1.807, 2.05) is 87.5 Å². The number of hydrogen-bond acceptors (Lipinski definition) is 4. The molecular formula is C33H39N3O5. The number of fused-ring (bicyclic) bond motifs is 1. The van der Waals surface area contributed by atoms with Crippen LogP contribution >= 0.6 is 0 Å². The first-order valence-corrected chi connectivity index (χ1v) is 14.2. The molecule has 3 atom stereocenters. The summed E-state index contributed by atoms with van der Waals surface area (Å²) in [7, 11) is 0. The van der Waals surface area contributed by atoms with Gasteiger partial charge >= 0.3 is 6.09 Å². The number of benzene rings is 3. The van der Waals surface area contributed by atoms with Gasteiger partial charge in [-0.25, -0.2) is 4.79 Å². The summed E-state index contributed by atoms with van der Waals surface area (Å²) in [5, 5.41) is 15.1. The summed E-state index contributed by atoms with van der Waals surface area (Å²) in [5.74, 6) is -1.95. The van der Waals surface area contributed by atoms with Crippen molar-refractivity contribution in [2.75, 3.05) is 6.54 Å². The first-order valence-electron chi connectivity index (χ1n) is 14.2. The molecule has 1 aliphatic heterocycles. The summed E-state index contributed by atoms with van der Waals surface area (Å²) in [6.45, 7) is 7.99. The molecule has 8 heteroatoms. The van der Waals surface area contributed by atoms with Crippen LogP contribution in [0.3, 0.4) is 0 Å². The SMILES string of the molecule is CCCC[C@@H](C(=O)C(=O)N[C@H](C)c1ccccc1)N(C(=O)O)C1CC(C)(C)CN1C(=O)c1ccc2ccccc2c1. The Bertz CT molecular complexity index is 1420. The number of likely N-dealkylation sites (tertiary alicyclic amines) is 1. The largest absolute Gasteiger partial charge is 0.465 e. The molecule has 3 amide bonds. The molecule has 0 saturated carbocycles. The number of ketones is 1. The van der Waals surface area contributed by atoms with Gasteiger partial charge in [-0.3, -0.25) is 19.3 Å². The van der Waals surface area contributed by atoms with Gasteiger partial charge in [0.05, 0.1) is 6.04 Å². The molecule has 1 aliphatic rings. The first kappa shape index (κ1) is 29.8. The minimum absolute atomic E-state index is 0.184. The molecule has 1 unspecified atom stereocenters. The van der Waals surface area contributed by atoms with Gasteiger partial charge in [0, 0.05) is 12.1 Å². The Hall–Kier alpha value is -4.20. The lowest BCUT2D eigenvalue weighted by Gasteiger charge is -2.37. The minimum Gasteiger partial charge on any atom is -0.465 e. The van der Waals surface area contributed by atoms with Crippen molar-refractivity contribution in [1.29, 1.82) is 0 Å². The lowest BCUT2D eigenvalue weighted by Crippen LogP contribution is -2.58.